The Kier molecular flexibility index (Phi) is 2.95. The fourth-order valence-electron chi connectivity index (χ4n) is 1.34. The minimum atomic E-state index is -0.181. The van der Waals surface area contributed by atoms with Gasteiger partial charge >= 0.3 is 0 Å². The van der Waals surface area contributed by atoms with Crippen molar-refractivity contribution in [3.8, 4) is 0 Å². The largest absolute Gasteiger partial charge is 0.299 e. The highest BCUT2D eigenvalue weighted by Crippen LogP contribution is 2.31. The van der Waals surface area contributed by atoms with E-state index in [1.165, 1.54) is 0 Å². The molecule has 1 aromatic rings. The van der Waals surface area contributed by atoms with Crippen molar-refractivity contribution >= 4 is 27.5 Å². The van der Waals surface area contributed by atoms with Crippen LogP contribution in [0.4, 0.5) is 0 Å². The fourth-order valence-corrected chi connectivity index (χ4v) is 1.57. The number of nitrogens with zero attached hydrogens (tertiary/aromatic N) is 1. The Morgan fingerprint density at radius 1 is 1.40 bits per heavy atom. The van der Waals surface area contributed by atoms with E-state index >= 15 is 0 Å². The highest BCUT2D eigenvalue weighted by atomic mass is 79.9. The molecular weight excluding hydrogens is 258 g/mol. The maximum atomic E-state index is 11.6. The van der Waals surface area contributed by atoms with Gasteiger partial charge in [0.05, 0.1) is 6.42 Å². The van der Waals surface area contributed by atoms with E-state index in [2.05, 4.69) is 20.9 Å². The molecule has 1 heterocycles. The summed E-state index contributed by atoms with van der Waals surface area (Å²) in [7, 11) is 0. The summed E-state index contributed by atoms with van der Waals surface area (Å²) in [6.07, 6.45) is 3.45. The first-order valence-electron chi connectivity index (χ1n) is 4.84. The van der Waals surface area contributed by atoms with Crippen LogP contribution in [0, 0.1) is 5.92 Å². The molecule has 4 heteroatoms. The van der Waals surface area contributed by atoms with Crippen LogP contribution in [0.15, 0.2) is 22.8 Å². The maximum absolute atomic E-state index is 11.6. The van der Waals surface area contributed by atoms with Crippen LogP contribution in [0.5, 0.6) is 0 Å². The van der Waals surface area contributed by atoms with Gasteiger partial charge < -0.3 is 0 Å². The van der Waals surface area contributed by atoms with Gasteiger partial charge in [0.2, 0.25) is 0 Å². The Morgan fingerprint density at radius 3 is 2.67 bits per heavy atom. The minimum absolute atomic E-state index is 0.000695. The van der Waals surface area contributed by atoms with Gasteiger partial charge in [0.15, 0.2) is 5.78 Å². The number of carbonyl (C=O) groups is 2. The third-order valence-corrected chi connectivity index (χ3v) is 2.85. The van der Waals surface area contributed by atoms with Gasteiger partial charge in [-0.1, -0.05) is 0 Å². The molecule has 0 bridgehead atoms. The van der Waals surface area contributed by atoms with E-state index in [1.54, 1.807) is 18.3 Å². The van der Waals surface area contributed by atoms with Gasteiger partial charge in [-0.3, -0.25) is 14.6 Å². The quantitative estimate of drug-likeness (QED) is 0.622. The highest BCUT2D eigenvalue weighted by molar-refractivity contribution is 9.10. The zero-order valence-corrected chi connectivity index (χ0v) is 9.66. The molecule has 2 rings (SSSR count). The molecule has 3 nitrogen and oxygen atoms in total. The van der Waals surface area contributed by atoms with Crippen LogP contribution in [0.2, 0.25) is 0 Å². The number of aromatic nitrogens is 1. The summed E-state index contributed by atoms with van der Waals surface area (Å²) in [6.45, 7) is 0. The predicted molar refractivity (Wildman–Crippen MR) is 58.6 cm³/mol. The number of rotatable bonds is 4. The number of carbonyl (C=O) groups excluding carboxylic acids is 2. The Hall–Kier alpha value is -1.03. The first-order chi connectivity index (χ1) is 7.16. The molecule has 0 radical (unpaired) electrons. The summed E-state index contributed by atoms with van der Waals surface area (Å²) in [6, 6.07) is 3.38. The van der Waals surface area contributed by atoms with Crippen molar-refractivity contribution in [1.82, 2.24) is 4.98 Å². The van der Waals surface area contributed by atoms with Crippen molar-refractivity contribution in [3.05, 3.63) is 28.5 Å². The molecule has 0 aliphatic heterocycles. The second kappa shape index (κ2) is 4.23. The molecule has 78 valence electrons. The predicted octanol–water partition coefficient (Wildman–Crippen LogP) is 2.40. The molecule has 15 heavy (non-hydrogen) atoms. The SMILES string of the molecule is O=C(CC(=O)C1CC1)c1ccc(Br)cn1. The van der Waals surface area contributed by atoms with Gasteiger partial charge in [-0.25, -0.2) is 0 Å². The topological polar surface area (TPSA) is 47.0 Å². The van der Waals surface area contributed by atoms with Crippen LogP contribution in [0.1, 0.15) is 29.8 Å². The van der Waals surface area contributed by atoms with Crippen LogP contribution in [-0.2, 0) is 4.79 Å². The van der Waals surface area contributed by atoms with Gasteiger partial charge in [0.25, 0.3) is 0 Å². The average Bonchev–Trinajstić information content (AvgIpc) is 3.01. The van der Waals surface area contributed by atoms with E-state index in [9.17, 15) is 9.59 Å². The number of hydrogen-bond acceptors (Lipinski definition) is 3. The smallest absolute Gasteiger partial charge is 0.188 e. The van der Waals surface area contributed by atoms with Crippen molar-refractivity contribution in [2.24, 2.45) is 5.92 Å². The van der Waals surface area contributed by atoms with E-state index in [0.29, 0.717) is 5.69 Å². The van der Waals surface area contributed by atoms with Crippen molar-refractivity contribution in [2.75, 3.05) is 0 Å². The minimum Gasteiger partial charge on any atom is -0.299 e. The van der Waals surface area contributed by atoms with Crippen molar-refractivity contribution in [2.45, 2.75) is 19.3 Å². The maximum Gasteiger partial charge on any atom is 0.188 e. The van der Waals surface area contributed by atoms with Gasteiger partial charge in [-0.2, -0.15) is 0 Å². The summed E-state index contributed by atoms with van der Waals surface area (Å²) < 4.78 is 0.826. The lowest BCUT2D eigenvalue weighted by molar-refractivity contribution is -0.119. The first-order valence-corrected chi connectivity index (χ1v) is 5.63. The van der Waals surface area contributed by atoms with E-state index in [-0.39, 0.29) is 23.9 Å². The van der Waals surface area contributed by atoms with E-state index in [4.69, 9.17) is 0 Å². The van der Waals surface area contributed by atoms with Crippen molar-refractivity contribution in [3.63, 3.8) is 0 Å². The zero-order valence-electron chi connectivity index (χ0n) is 8.07. The van der Waals surface area contributed by atoms with Crippen molar-refractivity contribution < 1.29 is 9.59 Å². The number of halogens is 1. The molecule has 1 saturated carbocycles. The molecule has 0 saturated heterocycles. The summed E-state index contributed by atoms with van der Waals surface area (Å²) in [5.74, 6) is 0.0218. The molecule has 0 amide bonds. The lowest BCUT2D eigenvalue weighted by Crippen LogP contribution is -2.10. The highest BCUT2D eigenvalue weighted by Gasteiger charge is 2.30. The number of hydrogen-bond donors (Lipinski definition) is 0. The van der Waals surface area contributed by atoms with E-state index < -0.39 is 0 Å². The molecule has 0 unspecified atom stereocenters. The molecule has 1 aliphatic rings. The van der Waals surface area contributed by atoms with Crippen LogP contribution in [0.25, 0.3) is 0 Å². The van der Waals surface area contributed by atoms with Crippen LogP contribution in [0.3, 0.4) is 0 Å². The molecule has 1 fully saturated rings. The summed E-state index contributed by atoms with van der Waals surface area (Å²) in [4.78, 5) is 27.0. The van der Waals surface area contributed by atoms with Gasteiger partial charge in [-0.15, -0.1) is 0 Å². The summed E-state index contributed by atoms with van der Waals surface area (Å²) in [5.41, 5.74) is 0.368. The van der Waals surface area contributed by atoms with E-state index in [1.807, 2.05) is 0 Å². The van der Waals surface area contributed by atoms with Gasteiger partial charge in [-0.05, 0) is 40.9 Å². The average molecular weight is 268 g/mol. The lowest BCUT2D eigenvalue weighted by atomic mass is 10.1. The van der Waals surface area contributed by atoms with Crippen LogP contribution >= 0.6 is 15.9 Å². The summed E-state index contributed by atoms with van der Waals surface area (Å²) in [5, 5.41) is 0. The van der Waals surface area contributed by atoms with Gasteiger partial charge in [0.1, 0.15) is 11.5 Å². The number of ketones is 2. The lowest BCUT2D eigenvalue weighted by Gasteiger charge is -1.98. The Labute approximate surface area is 96.0 Å². The van der Waals surface area contributed by atoms with E-state index in [0.717, 1.165) is 17.3 Å². The summed E-state index contributed by atoms with van der Waals surface area (Å²) >= 11 is 3.24. The monoisotopic (exact) mass is 267 g/mol. The first kappa shape index (κ1) is 10.5. The molecular formula is C11H10BrNO2. The molecule has 0 spiro atoms. The fraction of sp³-hybridized carbons (Fsp3) is 0.364. The molecule has 0 atom stereocenters. The standard InChI is InChI=1S/C11H10BrNO2/c12-8-3-4-9(13-6-8)11(15)5-10(14)7-1-2-7/h3-4,6-7H,1-2,5H2. The van der Waals surface area contributed by atoms with Gasteiger partial charge in [0, 0.05) is 16.6 Å². The normalized spacial score (nSPS) is 15.0. The van der Waals surface area contributed by atoms with Crippen LogP contribution < -0.4 is 0 Å². The number of pyridine rings is 1. The van der Waals surface area contributed by atoms with Crippen molar-refractivity contribution in [1.29, 1.82) is 0 Å². The van der Waals surface area contributed by atoms with Crippen LogP contribution in [-0.4, -0.2) is 16.6 Å². The molecule has 0 N–H and O–H groups in total. The molecule has 0 aromatic carbocycles. The number of Topliss-reactive ketones (excluding diaryl/α,β-unsaturated/α-hetero) is 2. The Balaban J connectivity index is 2.00. The molecule has 1 aliphatic carbocycles. The Bertz CT molecular complexity index is 396. The third-order valence-electron chi connectivity index (χ3n) is 2.38. The second-order valence-electron chi connectivity index (χ2n) is 3.70. The second-order valence-corrected chi connectivity index (χ2v) is 4.62. The Morgan fingerprint density at radius 2 is 2.13 bits per heavy atom. The zero-order chi connectivity index (χ0) is 10.8. The third kappa shape index (κ3) is 2.72. The molecule has 1 aromatic heterocycles.